The third-order valence-electron chi connectivity index (χ3n) is 19.9. The Hall–Kier alpha value is -7.56. The molecule has 3 unspecified atom stereocenters. The summed E-state index contributed by atoms with van der Waals surface area (Å²) in [6, 6.07) is 78.4. The molecule has 0 bridgehead atoms. The van der Waals surface area contributed by atoms with Crippen LogP contribution in [0.3, 0.4) is 0 Å². The van der Waals surface area contributed by atoms with Gasteiger partial charge in [0.15, 0.2) is 0 Å². The lowest BCUT2D eigenvalue weighted by Gasteiger charge is -2.53. The van der Waals surface area contributed by atoms with Crippen molar-refractivity contribution in [2.75, 3.05) is 14.7 Å². The number of nitrogens with zero attached hydrogens (tertiary/aromatic N) is 3. The van der Waals surface area contributed by atoms with Gasteiger partial charge in [-0.1, -0.05) is 242 Å². The van der Waals surface area contributed by atoms with Gasteiger partial charge in [0.25, 0.3) is 6.71 Å². The average molecular weight is 1070 g/mol. The first kappa shape index (κ1) is 53.7. The summed E-state index contributed by atoms with van der Waals surface area (Å²) in [6.07, 6.45) is 4.48. The Morgan fingerprint density at radius 3 is 1.43 bits per heavy atom. The van der Waals surface area contributed by atoms with Gasteiger partial charge in [0.1, 0.15) is 0 Å². The first-order valence-electron chi connectivity index (χ1n) is 30.6. The predicted molar refractivity (Wildman–Crippen MR) is 353 cm³/mol. The maximum atomic E-state index is 2.86. The van der Waals surface area contributed by atoms with Gasteiger partial charge in [-0.15, -0.1) is 0 Å². The van der Waals surface area contributed by atoms with Crippen LogP contribution in [0, 0.1) is 5.92 Å². The van der Waals surface area contributed by atoms with E-state index in [1.165, 1.54) is 124 Å². The highest BCUT2D eigenvalue weighted by Crippen LogP contribution is 2.65. The number of benzene rings is 9. The van der Waals surface area contributed by atoms with E-state index < -0.39 is 0 Å². The van der Waals surface area contributed by atoms with Crippen LogP contribution in [0.25, 0.3) is 22.3 Å². The van der Waals surface area contributed by atoms with Crippen LogP contribution in [0.15, 0.2) is 200 Å². The Kier molecular flexibility index (Phi) is 12.8. The van der Waals surface area contributed by atoms with Gasteiger partial charge in [-0.3, -0.25) is 0 Å². The van der Waals surface area contributed by atoms with Crippen molar-refractivity contribution in [3.63, 3.8) is 0 Å². The zero-order chi connectivity index (χ0) is 57.3. The monoisotopic (exact) mass is 1070 g/mol. The molecule has 1 fully saturated rings. The Balaban J connectivity index is 1.17. The van der Waals surface area contributed by atoms with E-state index in [1.807, 2.05) is 0 Å². The second-order valence-electron chi connectivity index (χ2n) is 28.2. The zero-order valence-corrected chi connectivity index (χ0v) is 51.0. The predicted octanol–water partition coefficient (Wildman–Crippen LogP) is 19.5. The topological polar surface area (TPSA) is 9.72 Å². The molecule has 0 amide bonds. The molecule has 0 N–H and O–H groups in total. The van der Waals surface area contributed by atoms with Gasteiger partial charge in [0.05, 0.1) is 16.9 Å². The van der Waals surface area contributed by atoms with Gasteiger partial charge in [-0.2, -0.15) is 0 Å². The lowest BCUT2D eigenvalue weighted by Crippen LogP contribution is -2.61. The molecular formula is C78H82BN3. The average Bonchev–Trinajstić information content (AvgIpc) is 1.56. The maximum absolute atomic E-state index is 2.86. The molecule has 13 rings (SSSR count). The van der Waals surface area contributed by atoms with Crippen molar-refractivity contribution in [3.05, 3.63) is 234 Å². The third-order valence-corrected chi connectivity index (χ3v) is 19.9. The van der Waals surface area contributed by atoms with Crippen molar-refractivity contribution in [3.8, 4) is 22.3 Å². The van der Waals surface area contributed by atoms with Gasteiger partial charge in [-0.05, 0) is 163 Å². The van der Waals surface area contributed by atoms with Crippen molar-refractivity contribution in [2.45, 2.75) is 149 Å². The molecule has 0 aromatic heterocycles. The lowest BCUT2D eigenvalue weighted by atomic mass is 9.33. The fourth-order valence-electron chi connectivity index (χ4n) is 15.0. The Morgan fingerprint density at radius 2 is 0.890 bits per heavy atom. The van der Waals surface area contributed by atoms with Gasteiger partial charge in [0.2, 0.25) is 0 Å². The number of fused-ring (bicyclic) bond motifs is 7. The molecular weight excluding hydrogens is 990 g/mol. The van der Waals surface area contributed by atoms with E-state index in [-0.39, 0.29) is 33.9 Å². The highest BCUT2D eigenvalue weighted by Gasteiger charge is 2.62. The van der Waals surface area contributed by atoms with Crippen LogP contribution < -0.4 is 31.1 Å². The van der Waals surface area contributed by atoms with Gasteiger partial charge in [0, 0.05) is 50.7 Å². The van der Waals surface area contributed by atoms with E-state index in [1.54, 1.807) is 0 Å². The van der Waals surface area contributed by atoms with Crippen molar-refractivity contribution in [2.24, 2.45) is 5.92 Å². The summed E-state index contributed by atoms with van der Waals surface area (Å²) >= 11 is 0. The van der Waals surface area contributed by atoms with Crippen LogP contribution in [0.4, 0.5) is 45.5 Å². The minimum absolute atomic E-state index is 0.0284. The Morgan fingerprint density at radius 1 is 0.427 bits per heavy atom. The van der Waals surface area contributed by atoms with Crippen molar-refractivity contribution in [1.82, 2.24) is 0 Å². The normalized spacial score (nSPS) is 18.7. The van der Waals surface area contributed by atoms with E-state index in [0.717, 1.165) is 19.3 Å². The molecule has 4 aliphatic rings. The molecule has 9 aromatic rings. The third kappa shape index (κ3) is 8.43. The standard InChI is InChI=1S/C78H82BN3/c1-51(2)52(3)55-34-41-66(61(46-55)53-26-16-14-17-27-53)80-69-32-22-20-30-64(69)79-65-31-21-23-33-70(65)81(67-42-39-58(75(7,8)9)47-62(67)54-28-18-15-19-29-54)72-50-60(49-71(80)73(72)79)82-68-43-40-59(76(10,11)12)48-63(68)78(45-25-24-44-77(78,82)13)57-37-35-56(36-38-57)74(4,5)6/h14-23,26-43,46-52H,24-25,44-45H2,1-13H3. The minimum atomic E-state index is -0.324. The van der Waals surface area contributed by atoms with Crippen molar-refractivity contribution < 1.29 is 0 Å². The molecule has 0 spiro atoms. The van der Waals surface area contributed by atoms with Gasteiger partial charge < -0.3 is 14.7 Å². The van der Waals surface area contributed by atoms with Crippen LogP contribution in [0.5, 0.6) is 0 Å². The summed E-state index contributed by atoms with van der Waals surface area (Å²) < 4.78 is 0. The number of para-hydroxylation sites is 2. The molecule has 412 valence electrons. The van der Waals surface area contributed by atoms with Crippen LogP contribution in [-0.4, -0.2) is 12.3 Å². The summed E-state index contributed by atoms with van der Waals surface area (Å²) in [5.74, 6) is 0.876. The largest absolute Gasteiger partial charge is 0.334 e. The lowest BCUT2D eigenvalue weighted by molar-refractivity contribution is 0.215. The second-order valence-corrected chi connectivity index (χ2v) is 28.2. The Labute approximate surface area is 491 Å². The van der Waals surface area contributed by atoms with Crippen LogP contribution in [0.1, 0.15) is 155 Å². The number of rotatable bonds is 8. The molecule has 3 aliphatic heterocycles. The number of anilines is 8. The highest BCUT2D eigenvalue weighted by molar-refractivity contribution is 7.00. The van der Waals surface area contributed by atoms with Crippen LogP contribution in [-0.2, 0) is 21.7 Å². The fourth-order valence-corrected chi connectivity index (χ4v) is 15.0. The Bertz CT molecular complexity index is 3910. The number of hydrogen-bond acceptors (Lipinski definition) is 3. The van der Waals surface area contributed by atoms with E-state index in [4.69, 9.17) is 0 Å². The molecule has 3 heterocycles. The summed E-state index contributed by atoms with van der Waals surface area (Å²) in [6.45, 7) is 30.9. The molecule has 3 nitrogen and oxygen atoms in total. The molecule has 0 radical (unpaired) electrons. The van der Waals surface area contributed by atoms with Crippen molar-refractivity contribution >= 4 is 68.6 Å². The summed E-state index contributed by atoms with van der Waals surface area (Å²) in [4.78, 5) is 8.21. The summed E-state index contributed by atoms with van der Waals surface area (Å²) in [5, 5.41) is 0. The van der Waals surface area contributed by atoms with Crippen LogP contribution in [0.2, 0.25) is 0 Å². The fraction of sp³-hybridized carbons (Fsp3) is 0.308. The first-order valence-corrected chi connectivity index (χ1v) is 30.6. The van der Waals surface area contributed by atoms with E-state index in [9.17, 15) is 0 Å². The molecule has 82 heavy (non-hydrogen) atoms. The number of hydrogen-bond donors (Lipinski definition) is 0. The highest BCUT2D eigenvalue weighted by atomic mass is 15.3. The first-order chi connectivity index (χ1) is 39.2. The quantitative estimate of drug-likeness (QED) is 0.140. The minimum Gasteiger partial charge on any atom is -0.334 e. The van der Waals surface area contributed by atoms with E-state index in [0.29, 0.717) is 11.8 Å². The maximum Gasteiger partial charge on any atom is 0.252 e. The van der Waals surface area contributed by atoms with Crippen molar-refractivity contribution in [1.29, 1.82) is 0 Å². The second kappa shape index (κ2) is 19.5. The smallest absolute Gasteiger partial charge is 0.252 e. The molecule has 3 atom stereocenters. The molecule has 1 saturated carbocycles. The summed E-state index contributed by atoms with van der Waals surface area (Å²) in [5.41, 5.74) is 26.4. The zero-order valence-electron chi connectivity index (χ0n) is 51.0. The van der Waals surface area contributed by atoms with Crippen LogP contribution >= 0.6 is 0 Å². The van der Waals surface area contributed by atoms with E-state index >= 15 is 0 Å². The summed E-state index contributed by atoms with van der Waals surface area (Å²) in [7, 11) is 0. The molecule has 4 heteroatoms. The van der Waals surface area contributed by atoms with Gasteiger partial charge >= 0.3 is 0 Å². The van der Waals surface area contributed by atoms with E-state index in [2.05, 4.69) is 305 Å². The molecule has 9 aromatic carbocycles. The van der Waals surface area contributed by atoms with Gasteiger partial charge in [-0.25, -0.2) is 0 Å². The SMILES string of the molecule is CC(C)C(C)c1ccc(N2c3ccccc3B3c4ccccc4N(c4ccc(C(C)(C)C)cc4-c4ccccc4)c4cc(N5c6ccc(C(C)(C)C)cc6C6(c7ccc(C(C)(C)C)cc7)CCCCC56C)cc2c43)c(-c2ccccc2)c1. The molecule has 0 saturated heterocycles. The molecule has 1 aliphatic carbocycles.